The van der Waals surface area contributed by atoms with E-state index in [2.05, 4.69) is 83.4 Å². The van der Waals surface area contributed by atoms with Gasteiger partial charge in [-0.15, -0.1) is 0 Å². The molecule has 2 fully saturated rings. The van der Waals surface area contributed by atoms with Gasteiger partial charge in [-0.2, -0.15) is 0 Å². The van der Waals surface area contributed by atoms with Crippen LogP contribution in [-0.4, -0.2) is 42.8 Å². The third kappa shape index (κ3) is 3.22. The van der Waals surface area contributed by atoms with Crippen LogP contribution >= 0.6 is 0 Å². The highest BCUT2D eigenvalue weighted by atomic mass is 16.7. The van der Waals surface area contributed by atoms with Gasteiger partial charge >= 0.3 is 0 Å². The summed E-state index contributed by atoms with van der Waals surface area (Å²) in [5.41, 5.74) is 8.64. The molecule has 5 aliphatic rings. The number of rotatable bonds is 3. The van der Waals surface area contributed by atoms with Crippen molar-refractivity contribution in [1.82, 2.24) is 4.90 Å². The molecule has 1 N–H and O–H groups in total. The third-order valence-electron chi connectivity index (χ3n) is 8.45. The summed E-state index contributed by atoms with van der Waals surface area (Å²) in [5.74, 6) is 1.01. The van der Waals surface area contributed by atoms with E-state index in [-0.39, 0.29) is 0 Å². The number of aryl methyl sites for hydroxylation is 2. The van der Waals surface area contributed by atoms with Gasteiger partial charge in [-0.1, -0.05) is 30.3 Å². The van der Waals surface area contributed by atoms with E-state index in [1.165, 1.54) is 52.0 Å². The fraction of sp³-hybridized carbons (Fsp3) is 0.448. The number of nitrogens with zero attached hydrogens (tertiary/aromatic N) is 4. The largest absolute Gasteiger partial charge is 0.378 e. The van der Waals surface area contributed by atoms with E-state index in [0.29, 0.717) is 11.5 Å². The lowest BCUT2D eigenvalue weighted by atomic mass is 9.86. The number of aliphatic imine (C=N–C) groups is 1. The molecular formula is C29H33N5O. The first-order valence-electron chi connectivity index (χ1n) is 13.0. The van der Waals surface area contributed by atoms with Gasteiger partial charge in [0.15, 0.2) is 5.84 Å². The van der Waals surface area contributed by atoms with Crippen LogP contribution < -0.4 is 10.2 Å². The highest BCUT2D eigenvalue weighted by molar-refractivity contribution is 6.04. The fourth-order valence-corrected chi connectivity index (χ4v) is 6.30. The summed E-state index contributed by atoms with van der Waals surface area (Å²) in [4.78, 5) is 15.6. The van der Waals surface area contributed by atoms with E-state index in [0.717, 1.165) is 38.3 Å². The highest BCUT2D eigenvalue weighted by Gasteiger charge is 2.59. The van der Waals surface area contributed by atoms with Gasteiger partial charge < -0.3 is 20.0 Å². The van der Waals surface area contributed by atoms with Crippen LogP contribution in [0, 0.1) is 12.3 Å². The summed E-state index contributed by atoms with van der Waals surface area (Å²) in [6.45, 7) is 9.24. The van der Waals surface area contributed by atoms with Crippen LogP contribution in [0.5, 0.6) is 0 Å². The molecular weight excluding hydrogens is 434 g/mol. The maximum absolute atomic E-state index is 6.33. The Morgan fingerprint density at radius 3 is 2.86 bits per heavy atom. The molecule has 1 saturated carbocycles. The Labute approximate surface area is 207 Å². The van der Waals surface area contributed by atoms with Gasteiger partial charge in [-0.25, -0.2) is 0 Å². The molecule has 2 unspecified atom stereocenters. The number of hydrogen-bond donors (Lipinski definition) is 1. The van der Waals surface area contributed by atoms with Crippen molar-refractivity contribution < 1.29 is 4.84 Å². The van der Waals surface area contributed by atoms with Crippen LogP contribution in [-0.2, 0) is 17.0 Å². The zero-order valence-electron chi connectivity index (χ0n) is 20.8. The lowest BCUT2D eigenvalue weighted by molar-refractivity contribution is -0.0957. The standard InChI is InChI=1S/C29H33N5O/c1-4-22-12-21(6-8-26(22)33-15-20(3)31-18-33)13-23-14-28(9-10-28)17-34-27(23)32-35-29(34)16-30-25-11-19(2)5-7-24(25)29/h5-8,11-13,18,20,30H,4,9-10,14-17H2,1-3H3/b23-13+. The van der Waals surface area contributed by atoms with Gasteiger partial charge in [0.2, 0.25) is 0 Å². The molecule has 4 aliphatic heterocycles. The maximum atomic E-state index is 6.33. The van der Waals surface area contributed by atoms with Crippen LogP contribution in [0.25, 0.3) is 6.08 Å². The van der Waals surface area contributed by atoms with E-state index >= 15 is 0 Å². The number of hydrogen-bond acceptors (Lipinski definition) is 6. The Hall–Kier alpha value is -3.28. The van der Waals surface area contributed by atoms with Gasteiger partial charge in [0, 0.05) is 30.0 Å². The summed E-state index contributed by atoms with van der Waals surface area (Å²) in [7, 11) is 0. The van der Waals surface area contributed by atoms with Crippen molar-refractivity contribution in [3.8, 4) is 0 Å². The van der Waals surface area contributed by atoms with E-state index in [1.807, 2.05) is 6.34 Å². The molecule has 2 aromatic rings. The molecule has 180 valence electrons. The normalized spacial score (nSPS) is 28.4. The molecule has 35 heavy (non-hydrogen) atoms. The molecule has 0 amide bonds. The second-order valence-electron chi connectivity index (χ2n) is 11.1. The van der Waals surface area contributed by atoms with E-state index in [9.17, 15) is 0 Å². The number of nitrogens with one attached hydrogen (secondary N) is 1. The molecule has 4 heterocycles. The van der Waals surface area contributed by atoms with Crippen molar-refractivity contribution in [2.45, 2.75) is 58.2 Å². The van der Waals surface area contributed by atoms with Crippen molar-refractivity contribution in [2.24, 2.45) is 15.6 Å². The minimum Gasteiger partial charge on any atom is -0.378 e. The molecule has 6 heteroatoms. The Kier molecular flexibility index (Phi) is 4.42. The second-order valence-corrected chi connectivity index (χ2v) is 11.1. The van der Waals surface area contributed by atoms with Gasteiger partial charge in [0.25, 0.3) is 5.72 Å². The molecule has 7 rings (SSSR count). The van der Waals surface area contributed by atoms with Gasteiger partial charge in [-0.3, -0.25) is 4.99 Å². The van der Waals surface area contributed by atoms with Gasteiger partial charge in [0.1, 0.15) is 0 Å². The average molecular weight is 468 g/mol. The lowest BCUT2D eigenvalue weighted by Crippen LogP contribution is -2.52. The number of piperidine rings is 1. The molecule has 2 spiro atoms. The maximum Gasteiger partial charge on any atom is 0.256 e. The van der Waals surface area contributed by atoms with E-state index in [4.69, 9.17) is 9.99 Å². The van der Waals surface area contributed by atoms with Gasteiger partial charge in [-0.05, 0) is 91.5 Å². The van der Waals surface area contributed by atoms with Crippen LogP contribution in [0.3, 0.4) is 0 Å². The topological polar surface area (TPSA) is 52.5 Å². The Morgan fingerprint density at radius 1 is 1.20 bits per heavy atom. The van der Waals surface area contributed by atoms with Gasteiger partial charge in [0.05, 0.1) is 18.9 Å². The third-order valence-corrected chi connectivity index (χ3v) is 8.45. The molecule has 2 aromatic carbocycles. The smallest absolute Gasteiger partial charge is 0.256 e. The predicted octanol–water partition coefficient (Wildman–Crippen LogP) is 5.29. The minimum absolute atomic E-state index is 0.356. The number of anilines is 2. The van der Waals surface area contributed by atoms with Crippen LogP contribution in [0.4, 0.5) is 11.4 Å². The molecule has 1 aliphatic carbocycles. The summed E-state index contributed by atoms with van der Waals surface area (Å²) in [6, 6.07) is 13.8. The number of fused-ring (bicyclic) bond motifs is 4. The average Bonchev–Trinajstić information content (AvgIpc) is 3.17. The molecule has 2 atom stereocenters. The summed E-state index contributed by atoms with van der Waals surface area (Å²) < 4.78 is 0. The summed E-state index contributed by atoms with van der Waals surface area (Å²) in [6.07, 6.45) is 8.99. The molecule has 0 bridgehead atoms. The number of amidine groups is 1. The summed E-state index contributed by atoms with van der Waals surface area (Å²) in [5, 5.41) is 8.32. The first-order chi connectivity index (χ1) is 17.0. The molecule has 1 saturated heterocycles. The van der Waals surface area contributed by atoms with Crippen LogP contribution in [0.1, 0.15) is 55.4 Å². The van der Waals surface area contributed by atoms with E-state index < -0.39 is 5.72 Å². The Bertz CT molecular complexity index is 1310. The van der Waals surface area contributed by atoms with Crippen LogP contribution in [0.2, 0.25) is 0 Å². The predicted molar refractivity (Wildman–Crippen MR) is 142 cm³/mol. The molecule has 6 nitrogen and oxygen atoms in total. The molecule has 0 aromatic heterocycles. The van der Waals surface area contributed by atoms with E-state index in [1.54, 1.807) is 0 Å². The minimum atomic E-state index is -0.530. The van der Waals surface area contributed by atoms with Crippen molar-refractivity contribution in [3.63, 3.8) is 0 Å². The van der Waals surface area contributed by atoms with Crippen molar-refractivity contribution in [3.05, 3.63) is 64.2 Å². The number of benzene rings is 2. The monoisotopic (exact) mass is 467 g/mol. The first kappa shape index (κ1) is 21.0. The highest BCUT2D eigenvalue weighted by Crippen LogP contribution is 2.58. The van der Waals surface area contributed by atoms with Crippen LogP contribution in [0.15, 0.2) is 52.1 Å². The Morgan fingerprint density at radius 2 is 2.09 bits per heavy atom. The first-order valence-corrected chi connectivity index (χ1v) is 13.0. The zero-order valence-corrected chi connectivity index (χ0v) is 20.8. The molecule has 0 radical (unpaired) electrons. The summed E-state index contributed by atoms with van der Waals surface area (Å²) >= 11 is 0. The van der Waals surface area contributed by atoms with Crippen molar-refractivity contribution in [1.29, 1.82) is 0 Å². The SMILES string of the molecule is CCc1cc(/C=C2\CC3(CC3)CN3C2=NOC32CNc3cc(C)ccc32)ccc1N1C=NC(C)C1. The van der Waals surface area contributed by atoms with Crippen molar-refractivity contribution in [2.75, 3.05) is 29.9 Å². The quantitative estimate of drug-likeness (QED) is 0.667. The number of oxime groups is 1. The zero-order chi connectivity index (χ0) is 23.8. The Balaban J connectivity index is 1.24. The van der Waals surface area contributed by atoms with Crippen molar-refractivity contribution >= 4 is 29.6 Å². The second kappa shape index (κ2) is 7.36. The fourth-order valence-electron chi connectivity index (χ4n) is 6.30. The lowest BCUT2D eigenvalue weighted by Gasteiger charge is -2.40.